The summed E-state index contributed by atoms with van der Waals surface area (Å²) in [6.07, 6.45) is 2.66. The average molecular weight is 347 g/mol. The minimum atomic E-state index is -0.272. The number of hydrogen-bond acceptors (Lipinski definition) is 4. The molecule has 0 aliphatic heterocycles. The van der Waals surface area contributed by atoms with Crippen molar-refractivity contribution < 1.29 is 9.18 Å². The molecule has 5 heteroatoms. The van der Waals surface area contributed by atoms with Crippen molar-refractivity contribution in [3.63, 3.8) is 0 Å². The summed E-state index contributed by atoms with van der Waals surface area (Å²) in [7, 11) is 0. The number of halogens is 1. The van der Waals surface area contributed by atoms with Gasteiger partial charge in [0.2, 0.25) is 5.95 Å². The van der Waals surface area contributed by atoms with Gasteiger partial charge in [-0.3, -0.25) is 4.79 Å². The molecule has 4 rings (SSSR count). The largest absolute Gasteiger partial charge is 0.350 e. The van der Waals surface area contributed by atoms with E-state index >= 15 is 0 Å². The molecule has 3 aromatic rings. The van der Waals surface area contributed by atoms with E-state index < -0.39 is 0 Å². The van der Waals surface area contributed by atoms with Gasteiger partial charge in [-0.15, -0.1) is 0 Å². The first-order valence-corrected chi connectivity index (χ1v) is 8.61. The number of anilines is 1. The molecular formula is C21H18FN3O. The van der Waals surface area contributed by atoms with Crippen LogP contribution < -0.4 is 5.32 Å². The molecule has 1 atom stereocenters. The Morgan fingerprint density at radius 1 is 1.04 bits per heavy atom. The molecule has 0 saturated heterocycles. The van der Waals surface area contributed by atoms with Crippen LogP contribution >= 0.6 is 0 Å². The molecule has 26 heavy (non-hydrogen) atoms. The van der Waals surface area contributed by atoms with E-state index in [1.54, 1.807) is 18.3 Å². The van der Waals surface area contributed by atoms with Crippen molar-refractivity contribution in [1.82, 2.24) is 9.97 Å². The summed E-state index contributed by atoms with van der Waals surface area (Å²) in [6.45, 7) is 0.620. The third kappa shape index (κ3) is 3.47. The first-order chi connectivity index (χ1) is 12.7. The number of carbonyl (C=O) groups excluding carboxylic acids is 1. The standard InChI is InChI=1S/C21H18FN3O/c22-17-8-6-15(7-9-17)16-10-19-18(20(26)11-16)13-24-21(25-19)23-12-14-4-2-1-3-5-14/h1-9,13,16H,10-12H2,(H,23,24,25)/t16-/m0/s1. The van der Waals surface area contributed by atoms with Crippen molar-refractivity contribution in [2.75, 3.05) is 5.32 Å². The predicted molar refractivity (Wildman–Crippen MR) is 97.6 cm³/mol. The Morgan fingerprint density at radius 3 is 2.58 bits per heavy atom. The molecule has 0 unspecified atom stereocenters. The number of carbonyl (C=O) groups is 1. The molecular weight excluding hydrogens is 329 g/mol. The predicted octanol–water partition coefficient (Wildman–Crippen LogP) is 4.14. The van der Waals surface area contributed by atoms with Gasteiger partial charge in [-0.05, 0) is 35.6 Å². The van der Waals surface area contributed by atoms with Crippen molar-refractivity contribution in [2.45, 2.75) is 25.3 Å². The molecule has 0 radical (unpaired) electrons. The van der Waals surface area contributed by atoms with Crippen molar-refractivity contribution >= 4 is 11.7 Å². The van der Waals surface area contributed by atoms with E-state index in [9.17, 15) is 9.18 Å². The molecule has 4 nitrogen and oxygen atoms in total. The number of ketones is 1. The topological polar surface area (TPSA) is 54.9 Å². The summed E-state index contributed by atoms with van der Waals surface area (Å²) in [5.41, 5.74) is 3.44. The highest BCUT2D eigenvalue weighted by atomic mass is 19.1. The van der Waals surface area contributed by atoms with Crippen molar-refractivity contribution in [3.05, 3.63) is 89.0 Å². The van der Waals surface area contributed by atoms with Crippen LogP contribution in [0.3, 0.4) is 0 Å². The van der Waals surface area contributed by atoms with Gasteiger partial charge in [0, 0.05) is 19.2 Å². The molecule has 1 heterocycles. The lowest BCUT2D eigenvalue weighted by molar-refractivity contribution is 0.0962. The number of Topliss-reactive ketones (excluding diaryl/α,β-unsaturated/α-hetero) is 1. The van der Waals surface area contributed by atoms with E-state index in [2.05, 4.69) is 15.3 Å². The third-order valence-corrected chi connectivity index (χ3v) is 4.67. The van der Waals surface area contributed by atoms with Crippen LogP contribution in [0.1, 0.15) is 39.5 Å². The van der Waals surface area contributed by atoms with Gasteiger partial charge < -0.3 is 5.32 Å². The number of rotatable bonds is 4. The maximum Gasteiger partial charge on any atom is 0.223 e. The number of aromatic nitrogens is 2. The highest BCUT2D eigenvalue weighted by molar-refractivity contribution is 5.98. The molecule has 2 aromatic carbocycles. The summed E-state index contributed by atoms with van der Waals surface area (Å²) in [5.74, 6) is 0.300. The fourth-order valence-electron chi connectivity index (χ4n) is 3.28. The summed E-state index contributed by atoms with van der Waals surface area (Å²) in [4.78, 5) is 21.3. The molecule has 1 N–H and O–H groups in total. The van der Waals surface area contributed by atoms with Gasteiger partial charge in [-0.1, -0.05) is 42.5 Å². The van der Waals surface area contributed by atoms with Gasteiger partial charge in [0.05, 0.1) is 11.3 Å². The highest BCUT2D eigenvalue weighted by Crippen LogP contribution is 2.32. The number of nitrogens with zero attached hydrogens (tertiary/aromatic N) is 2. The van der Waals surface area contributed by atoms with E-state index in [0.29, 0.717) is 30.9 Å². The Morgan fingerprint density at radius 2 is 1.81 bits per heavy atom. The maximum absolute atomic E-state index is 13.2. The van der Waals surface area contributed by atoms with E-state index in [0.717, 1.165) is 16.8 Å². The van der Waals surface area contributed by atoms with Crippen LogP contribution in [0.5, 0.6) is 0 Å². The molecule has 1 aliphatic carbocycles. The zero-order chi connectivity index (χ0) is 17.9. The average Bonchev–Trinajstić information content (AvgIpc) is 2.67. The quantitative estimate of drug-likeness (QED) is 0.771. The fourth-order valence-corrected chi connectivity index (χ4v) is 3.28. The number of hydrogen-bond donors (Lipinski definition) is 1. The monoisotopic (exact) mass is 347 g/mol. The van der Waals surface area contributed by atoms with Crippen LogP contribution in [0.25, 0.3) is 0 Å². The molecule has 130 valence electrons. The van der Waals surface area contributed by atoms with E-state index in [4.69, 9.17) is 0 Å². The lowest BCUT2D eigenvalue weighted by atomic mass is 9.82. The number of fused-ring (bicyclic) bond motifs is 1. The lowest BCUT2D eigenvalue weighted by Crippen LogP contribution is -2.21. The van der Waals surface area contributed by atoms with Crippen LogP contribution in [-0.4, -0.2) is 15.8 Å². The Bertz CT molecular complexity index is 926. The van der Waals surface area contributed by atoms with Crippen molar-refractivity contribution in [1.29, 1.82) is 0 Å². The minimum Gasteiger partial charge on any atom is -0.350 e. The van der Waals surface area contributed by atoms with Gasteiger partial charge in [0.1, 0.15) is 5.82 Å². The second kappa shape index (κ2) is 7.04. The van der Waals surface area contributed by atoms with Crippen molar-refractivity contribution in [2.24, 2.45) is 0 Å². The second-order valence-electron chi connectivity index (χ2n) is 6.47. The van der Waals surface area contributed by atoms with Crippen LogP contribution in [-0.2, 0) is 13.0 Å². The molecule has 0 fully saturated rings. The van der Waals surface area contributed by atoms with Gasteiger partial charge in [-0.2, -0.15) is 0 Å². The summed E-state index contributed by atoms with van der Waals surface area (Å²) < 4.78 is 13.2. The normalized spacial score (nSPS) is 16.2. The van der Waals surface area contributed by atoms with Crippen LogP contribution in [0.4, 0.5) is 10.3 Å². The molecule has 0 amide bonds. The Balaban J connectivity index is 1.53. The van der Waals surface area contributed by atoms with Crippen LogP contribution in [0.2, 0.25) is 0 Å². The van der Waals surface area contributed by atoms with Gasteiger partial charge in [0.25, 0.3) is 0 Å². The number of nitrogens with one attached hydrogen (secondary N) is 1. The van der Waals surface area contributed by atoms with Crippen LogP contribution in [0, 0.1) is 5.82 Å². The van der Waals surface area contributed by atoms with Gasteiger partial charge >= 0.3 is 0 Å². The van der Waals surface area contributed by atoms with Gasteiger partial charge in [0.15, 0.2) is 5.78 Å². The highest BCUT2D eigenvalue weighted by Gasteiger charge is 2.28. The Labute approximate surface area is 151 Å². The Hall–Kier alpha value is -3.08. The molecule has 1 aliphatic rings. The zero-order valence-corrected chi connectivity index (χ0v) is 14.2. The zero-order valence-electron chi connectivity index (χ0n) is 14.2. The number of benzene rings is 2. The fraction of sp³-hybridized carbons (Fsp3) is 0.190. The molecule has 1 aromatic heterocycles. The smallest absolute Gasteiger partial charge is 0.223 e. The summed E-state index contributed by atoms with van der Waals surface area (Å²) in [6, 6.07) is 16.3. The summed E-state index contributed by atoms with van der Waals surface area (Å²) in [5, 5.41) is 3.20. The van der Waals surface area contributed by atoms with Crippen molar-refractivity contribution in [3.8, 4) is 0 Å². The van der Waals surface area contributed by atoms with Gasteiger partial charge in [-0.25, -0.2) is 14.4 Å². The van der Waals surface area contributed by atoms with E-state index in [1.807, 2.05) is 30.3 Å². The maximum atomic E-state index is 13.2. The second-order valence-corrected chi connectivity index (χ2v) is 6.47. The minimum absolute atomic E-state index is 0.0208. The molecule has 0 spiro atoms. The van der Waals surface area contributed by atoms with E-state index in [-0.39, 0.29) is 17.5 Å². The SMILES string of the molecule is O=C1C[C@@H](c2ccc(F)cc2)Cc2nc(NCc3ccccc3)ncc21. The van der Waals surface area contributed by atoms with Crippen LogP contribution in [0.15, 0.2) is 60.8 Å². The van der Waals surface area contributed by atoms with E-state index in [1.165, 1.54) is 12.1 Å². The first-order valence-electron chi connectivity index (χ1n) is 8.61. The lowest BCUT2D eigenvalue weighted by Gasteiger charge is -2.23. The third-order valence-electron chi connectivity index (χ3n) is 4.67. The molecule has 0 bridgehead atoms. The Kier molecular flexibility index (Phi) is 4.44. The first kappa shape index (κ1) is 16.4. The molecule has 0 saturated carbocycles. The summed E-state index contributed by atoms with van der Waals surface area (Å²) >= 11 is 0.